The van der Waals surface area contributed by atoms with Gasteiger partial charge in [-0.3, -0.25) is 0 Å². The van der Waals surface area contributed by atoms with Crippen LogP contribution in [0, 0.1) is 0 Å². The van der Waals surface area contributed by atoms with Crippen molar-refractivity contribution >= 4 is 121 Å². The standard InChI is InChI=1S/C68H43N3O2/c1-4-18-44(19-5-1)45-32-34-48(35-33-45)71-61-42-59(69(46-20-6-2-7-21-46)49-36-38-65-57(40-49)53-26-14-16-30-63(53)72-65)51-24-10-12-28-55(51)67(61)68-56-29-13-11-25-52(56)60(43-62(68)71)70(47-22-8-3-9-23-47)50-37-39-66-58(41-50)54-27-15-17-31-64(54)73-66/h1-43H. The molecule has 0 saturated carbocycles. The molecule has 15 rings (SSSR count). The maximum absolute atomic E-state index is 6.38. The summed E-state index contributed by atoms with van der Waals surface area (Å²) in [4.78, 5) is 4.83. The Bertz CT molecular complexity index is 4360. The lowest BCUT2D eigenvalue weighted by atomic mass is 9.96. The quantitative estimate of drug-likeness (QED) is 0.152. The van der Waals surface area contributed by atoms with E-state index in [4.69, 9.17) is 8.83 Å². The lowest BCUT2D eigenvalue weighted by Crippen LogP contribution is -2.11. The van der Waals surface area contributed by atoms with Crippen LogP contribution in [0.1, 0.15) is 0 Å². The molecule has 73 heavy (non-hydrogen) atoms. The number of fused-ring (bicyclic) bond motifs is 13. The van der Waals surface area contributed by atoms with Gasteiger partial charge in [-0.05, 0) is 119 Å². The van der Waals surface area contributed by atoms with E-state index >= 15 is 0 Å². The van der Waals surface area contributed by atoms with Gasteiger partial charge in [0.1, 0.15) is 22.3 Å². The molecule has 0 amide bonds. The van der Waals surface area contributed by atoms with Crippen LogP contribution in [0.15, 0.2) is 270 Å². The Morgan fingerprint density at radius 1 is 0.260 bits per heavy atom. The van der Waals surface area contributed by atoms with Crippen LogP contribution in [0.4, 0.5) is 34.1 Å². The van der Waals surface area contributed by atoms with Crippen molar-refractivity contribution < 1.29 is 8.83 Å². The molecule has 0 atom stereocenters. The molecule has 0 saturated heterocycles. The van der Waals surface area contributed by atoms with Gasteiger partial charge in [-0.2, -0.15) is 0 Å². The molecular formula is C68H43N3O2. The van der Waals surface area contributed by atoms with Gasteiger partial charge >= 0.3 is 0 Å². The number of hydrogen-bond donors (Lipinski definition) is 0. The highest BCUT2D eigenvalue weighted by Gasteiger charge is 2.27. The highest BCUT2D eigenvalue weighted by atomic mass is 16.3. The van der Waals surface area contributed by atoms with Crippen molar-refractivity contribution in [3.05, 3.63) is 261 Å². The summed E-state index contributed by atoms with van der Waals surface area (Å²) < 4.78 is 15.3. The minimum atomic E-state index is 0.864. The van der Waals surface area contributed by atoms with Crippen LogP contribution >= 0.6 is 0 Å². The molecule has 342 valence electrons. The number of benzene rings is 12. The zero-order chi connectivity index (χ0) is 48.0. The Labute approximate surface area is 420 Å². The van der Waals surface area contributed by atoms with Crippen molar-refractivity contribution in [1.29, 1.82) is 0 Å². The van der Waals surface area contributed by atoms with Crippen molar-refractivity contribution in [2.75, 3.05) is 9.80 Å². The smallest absolute Gasteiger partial charge is 0.135 e. The zero-order valence-electron chi connectivity index (χ0n) is 39.5. The topological polar surface area (TPSA) is 37.7 Å². The molecule has 5 nitrogen and oxygen atoms in total. The first kappa shape index (κ1) is 41.0. The molecular weight excluding hydrogens is 891 g/mol. The summed E-state index contributed by atoms with van der Waals surface area (Å²) in [5, 5.41) is 11.4. The number of para-hydroxylation sites is 4. The van der Waals surface area contributed by atoms with Gasteiger partial charge in [0.2, 0.25) is 0 Å². The second-order valence-electron chi connectivity index (χ2n) is 18.8. The van der Waals surface area contributed by atoms with E-state index in [-0.39, 0.29) is 0 Å². The Hall–Kier alpha value is -9.84. The van der Waals surface area contributed by atoms with Crippen LogP contribution in [0.2, 0.25) is 0 Å². The molecule has 3 aromatic heterocycles. The summed E-state index contributed by atoms with van der Waals surface area (Å²) in [6, 6.07) is 93.7. The Morgan fingerprint density at radius 3 is 1.10 bits per heavy atom. The van der Waals surface area contributed by atoms with E-state index in [9.17, 15) is 0 Å². The van der Waals surface area contributed by atoms with Crippen LogP contribution < -0.4 is 9.80 Å². The SMILES string of the molecule is c1ccc(-c2ccc(-n3c4cc(N(c5ccccc5)c5ccc6oc7ccccc7c6c5)c5ccccc5c4c4c5ccccc5c(N(c5ccccc5)c5ccc6oc7ccccc7c6c5)cc43)cc2)cc1. The molecule has 0 fully saturated rings. The monoisotopic (exact) mass is 933 g/mol. The minimum Gasteiger partial charge on any atom is -0.456 e. The van der Waals surface area contributed by atoms with Crippen LogP contribution in [0.25, 0.3) is 104 Å². The second-order valence-corrected chi connectivity index (χ2v) is 18.8. The van der Waals surface area contributed by atoms with Gasteiger partial charge in [-0.1, -0.05) is 164 Å². The maximum atomic E-state index is 6.38. The van der Waals surface area contributed by atoms with Crippen molar-refractivity contribution in [3.63, 3.8) is 0 Å². The molecule has 0 N–H and O–H groups in total. The lowest BCUT2D eigenvalue weighted by molar-refractivity contribution is 0.668. The minimum absolute atomic E-state index is 0.864. The van der Waals surface area contributed by atoms with Crippen molar-refractivity contribution in [2.45, 2.75) is 0 Å². The molecule has 3 heterocycles. The number of rotatable bonds is 8. The molecule has 0 aliphatic heterocycles. The van der Waals surface area contributed by atoms with Gasteiger partial charge in [0, 0.05) is 71.5 Å². The van der Waals surface area contributed by atoms with Crippen LogP contribution in [-0.4, -0.2) is 4.57 Å². The molecule has 0 radical (unpaired) electrons. The number of hydrogen-bond acceptors (Lipinski definition) is 4. The molecule has 0 unspecified atom stereocenters. The Balaban J connectivity index is 1.06. The molecule has 0 aliphatic rings. The third-order valence-corrected chi connectivity index (χ3v) is 14.7. The Morgan fingerprint density at radius 2 is 0.630 bits per heavy atom. The van der Waals surface area contributed by atoms with E-state index in [1.807, 2.05) is 24.3 Å². The third-order valence-electron chi connectivity index (χ3n) is 14.7. The van der Waals surface area contributed by atoms with Crippen molar-refractivity contribution in [1.82, 2.24) is 4.57 Å². The zero-order valence-corrected chi connectivity index (χ0v) is 39.5. The number of anilines is 6. The molecule has 0 aliphatic carbocycles. The summed E-state index contributed by atoms with van der Waals surface area (Å²) >= 11 is 0. The first-order valence-corrected chi connectivity index (χ1v) is 24.8. The van der Waals surface area contributed by atoms with Gasteiger partial charge in [-0.15, -0.1) is 0 Å². The lowest BCUT2D eigenvalue weighted by Gasteiger charge is -2.27. The summed E-state index contributed by atoms with van der Waals surface area (Å²) in [6.45, 7) is 0. The molecule has 0 bridgehead atoms. The highest BCUT2D eigenvalue weighted by molar-refractivity contribution is 6.32. The van der Waals surface area contributed by atoms with Gasteiger partial charge in [0.25, 0.3) is 0 Å². The van der Waals surface area contributed by atoms with E-state index in [2.05, 4.69) is 251 Å². The van der Waals surface area contributed by atoms with E-state index in [0.717, 1.165) is 111 Å². The number of aromatic nitrogens is 1. The maximum Gasteiger partial charge on any atom is 0.135 e. The summed E-state index contributed by atoms with van der Waals surface area (Å²) in [6.07, 6.45) is 0. The van der Waals surface area contributed by atoms with Gasteiger partial charge in [-0.25, -0.2) is 0 Å². The molecule has 5 heteroatoms. The first-order valence-electron chi connectivity index (χ1n) is 24.8. The average molecular weight is 934 g/mol. The fourth-order valence-electron chi connectivity index (χ4n) is 11.5. The van der Waals surface area contributed by atoms with Crippen LogP contribution in [0.5, 0.6) is 0 Å². The predicted octanol–water partition coefficient (Wildman–Crippen LogP) is 19.5. The molecule has 0 spiro atoms. The van der Waals surface area contributed by atoms with Gasteiger partial charge in [0.15, 0.2) is 0 Å². The van der Waals surface area contributed by atoms with E-state index in [1.54, 1.807) is 0 Å². The average Bonchev–Trinajstić information content (AvgIpc) is 4.17. The molecule has 15 aromatic rings. The predicted molar refractivity (Wildman–Crippen MR) is 305 cm³/mol. The molecule has 12 aromatic carbocycles. The summed E-state index contributed by atoms with van der Waals surface area (Å²) in [5.41, 5.74) is 15.4. The highest BCUT2D eigenvalue weighted by Crippen LogP contribution is 2.51. The van der Waals surface area contributed by atoms with Crippen molar-refractivity contribution in [2.24, 2.45) is 0 Å². The summed E-state index contributed by atoms with van der Waals surface area (Å²) in [7, 11) is 0. The fraction of sp³-hybridized carbons (Fsp3) is 0. The largest absolute Gasteiger partial charge is 0.456 e. The number of furan rings is 2. The van der Waals surface area contributed by atoms with Crippen molar-refractivity contribution in [3.8, 4) is 16.8 Å². The van der Waals surface area contributed by atoms with E-state index in [1.165, 1.54) is 27.1 Å². The number of nitrogens with zero attached hydrogens (tertiary/aromatic N) is 3. The first-order chi connectivity index (χ1) is 36.2. The fourth-order valence-corrected chi connectivity index (χ4v) is 11.5. The van der Waals surface area contributed by atoms with E-state index in [0.29, 0.717) is 0 Å². The normalized spacial score (nSPS) is 11.8. The van der Waals surface area contributed by atoms with Crippen LogP contribution in [-0.2, 0) is 0 Å². The third kappa shape index (κ3) is 6.49. The Kier molecular flexibility index (Phi) is 9.19. The second kappa shape index (κ2) is 16.4. The van der Waals surface area contributed by atoms with Gasteiger partial charge < -0.3 is 23.2 Å². The van der Waals surface area contributed by atoms with Gasteiger partial charge in [0.05, 0.1) is 22.4 Å². The summed E-state index contributed by atoms with van der Waals surface area (Å²) in [5.74, 6) is 0. The van der Waals surface area contributed by atoms with Crippen LogP contribution in [0.3, 0.4) is 0 Å². The van der Waals surface area contributed by atoms with E-state index < -0.39 is 0 Å².